The Morgan fingerprint density at radius 1 is 1.23 bits per heavy atom. The molecule has 3 rings (SSSR count). The van der Waals surface area contributed by atoms with E-state index in [9.17, 15) is 19.7 Å². The van der Waals surface area contributed by atoms with Crippen molar-refractivity contribution in [1.29, 1.82) is 0 Å². The predicted octanol–water partition coefficient (Wildman–Crippen LogP) is 3.78. The fourth-order valence-electron chi connectivity index (χ4n) is 3.41. The number of carbonyl (C=O) groups excluding carboxylic acids is 2. The summed E-state index contributed by atoms with van der Waals surface area (Å²) in [6.45, 7) is 6.06. The zero-order valence-corrected chi connectivity index (χ0v) is 17.7. The first-order valence-corrected chi connectivity index (χ1v) is 10.0. The van der Waals surface area contributed by atoms with Crippen molar-refractivity contribution in [3.8, 4) is 5.75 Å². The number of carbonyl (C=O) groups is 2. The average molecular weight is 427 g/mol. The molecule has 1 N–H and O–H groups in total. The molecule has 2 aromatic carbocycles. The van der Waals surface area contributed by atoms with Gasteiger partial charge in [0.1, 0.15) is 5.54 Å². The molecule has 0 atom stereocenters. The molecule has 164 valence electrons. The van der Waals surface area contributed by atoms with Crippen molar-refractivity contribution in [2.75, 3.05) is 30.0 Å². The number of nitro benzene ring substituents is 1. The van der Waals surface area contributed by atoms with Crippen molar-refractivity contribution >= 4 is 28.9 Å². The number of amides is 1. The molecule has 0 bridgehead atoms. The van der Waals surface area contributed by atoms with E-state index in [2.05, 4.69) is 5.32 Å². The minimum Gasteiger partial charge on any atom is -0.487 e. The lowest BCUT2D eigenvalue weighted by Crippen LogP contribution is -2.54. The highest BCUT2D eigenvalue weighted by molar-refractivity contribution is 6.07. The normalized spacial score (nSPS) is 14.4. The van der Waals surface area contributed by atoms with Crippen molar-refractivity contribution in [3.05, 3.63) is 58.1 Å². The van der Waals surface area contributed by atoms with Crippen molar-refractivity contribution in [2.45, 2.75) is 32.7 Å². The van der Waals surface area contributed by atoms with Gasteiger partial charge in [-0.25, -0.2) is 4.79 Å². The standard InChI is InChI=1S/C22H25N3O6/c1-4-30-19-11-10-15(14-18(19)25(28)29)20(26)31-13-7-12-24-17-9-6-5-8-16(17)23-22(2,3)21(24)27/h5-6,8-11,14,23H,4,7,12-13H2,1-3H3. The molecular formula is C22H25N3O6. The number of benzene rings is 2. The van der Waals surface area contributed by atoms with Gasteiger partial charge in [0.15, 0.2) is 5.75 Å². The molecule has 31 heavy (non-hydrogen) atoms. The minimum absolute atomic E-state index is 0.0691. The maximum atomic E-state index is 12.8. The number of nitrogens with zero attached hydrogens (tertiary/aromatic N) is 2. The highest BCUT2D eigenvalue weighted by Gasteiger charge is 2.38. The molecule has 9 nitrogen and oxygen atoms in total. The Balaban J connectivity index is 1.62. The van der Waals surface area contributed by atoms with Gasteiger partial charge in [0.2, 0.25) is 0 Å². The van der Waals surface area contributed by atoms with E-state index in [1.807, 2.05) is 38.1 Å². The molecule has 0 saturated carbocycles. The maximum absolute atomic E-state index is 12.8. The SMILES string of the molecule is CCOc1ccc(C(=O)OCCCN2C(=O)C(C)(C)Nc3ccccc32)cc1[N+](=O)[O-]. The second kappa shape index (κ2) is 9.03. The lowest BCUT2D eigenvalue weighted by molar-refractivity contribution is -0.385. The zero-order chi connectivity index (χ0) is 22.6. The van der Waals surface area contributed by atoms with Crippen LogP contribution in [-0.2, 0) is 9.53 Å². The largest absolute Gasteiger partial charge is 0.487 e. The number of hydrogen-bond donors (Lipinski definition) is 1. The molecule has 0 saturated heterocycles. The Labute approximate surface area is 180 Å². The van der Waals surface area contributed by atoms with Gasteiger partial charge in [0.05, 0.1) is 35.1 Å². The summed E-state index contributed by atoms with van der Waals surface area (Å²) in [7, 11) is 0. The quantitative estimate of drug-likeness (QED) is 0.295. The number of nitrogens with one attached hydrogen (secondary N) is 1. The summed E-state index contributed by atoms with van der Waals surface area (Å²) in [6, 6.07) is 11.5. The lowest BCUT2D eigenvalue weighted by Gasteiger charge is -2.39. The number of hydrogen-bond acceptors (Lipinski definition) is 7. The third kappa shape index (κ3) is 4.76. The lowest BCUT2D eigenvalue weighted by atomic mass is 9.98. The second-order valence-electron chi connectivity index (χ2n) is 7.59. The van der Waals surface area contributed by atoms with Gasteiger partial charge in [-0.2, -0.15) is 0 Å². The van der Waals surface area contributed by atoms with Gasteiger partial charge in [0, 0.05) is 12.6 Å². The molecule has 0 aliphatic carbocycles. The van der Waals surface area contributed by atoms with Crippen LogP contribution in [-0.4, -0.2) is 42.1 Å². The zero-order valence-electron chi connectivity index (χ0n) is 17.7. The molecule has 1 aliphatic rings. The molecule has 0 aromatic heterocycles. The number of esters is 1. The van der Waals surface area contributed by atoms with E-state index >= 15 is 0 Å². The van der Waals surface area contributed by atoms with Crippen LogP contribution < -0.4 is 15.0 Å². The number of anilines is 2. The first-order valence-electron chi connectivity index (χ1n) is 10.0. The smallest absolute Gasteiger partial charge is 0.338 e. The Morgan fingerprint density at radius 3 is 2.68 bits per heavy atom. The van der Waals surface area contributed by atoms with Crippen molar-refractivity contribution < 1.29 is 24.0 Å². The highest BCUT2D eigenvalue weighted by atomic mass is 16.6. The number of fused-ring (bicyclic) bond motifs is 1. The molecule has 2 aromatic rings. The van der Waals surface area contributed by atoms with E-state index < -0.39 is 16.4 Å². The third-order valence-electron chi connectivity index (χ3n) is 4.87. The summed E-state index contributed by atoms with van der Waals surface area (Å²) in [4.78, 5) is 37.5. The molecule has 0 fully saturated rings. The van der Waals surface area contributed by atoms with Crippen molar-refractivity contribution in [3.63, 3.8) is 0 Å². The van der Waals surface area contributed by atoms with Crippen LogP contribution in [0.15, 0.2) is 42.5 Å². The van der Waals surface area contributed by atoms with Crippen LogP contribution >= 0.6 is 0 Å². The van der Waals surface area contributed by atoms with E-state index in [0.29, 0.717) is 13.0 Å². The fourth-order valence-corrected chi connectivity index (χ4v) is 3.41. The van der Waals surface area contributed by atoms with Crippen LogP contribution in [0.5, 0.6) is 5.75 Å². The highest BCUT2D eigenvalue weighted by Crippen LogP contribution is 2.35. The Morgan fingerprint density at radius 2 is 1.97 bits per heavy atom. The minimum atomic E-state index is -0.744. The predicted molar refractivity (Wildman–Crippen MR) is 116 cm³/mol. The van der Waals surface area contributed by atoms with E-state index in [1.54, 1.807) is 11.8 Å². The van der Waals surface area contributed by atoms with Gasteiger partial charge in [-0.1, -0.05) is 12.1 Å². The Bertz CT molecular complexity index is 1000. The summed E-state index contributed by atoms with van der Waals surface area (Å²) in [6.07, 6.45) is 0.418. The van der Waals surface area contributed by atoms with Crippen LogP contribution in [0.1, 0.15) is 37.6 Å². The van der Waals surface area contributed by atoms with Gasteiger partial charge in [-0.15, -0.1) is 0 Å². The molecule has 1 aliphatic heterocycles. The summed E-state index contributed by atoms with van der Waals surface area (Å²) < 4.78 is 10.5. The van der Waals surface area contributed by atoms with E-state index in [0.717, 1.165) is 17.4 Å². The third-order valence-corrected chi connectivity index (χ3v) is 4.87. The molecule has 0 spiro atoms. The van der Waals surface area contributed by atoms with Crippen LogP contribution in [0.25, 0.3) is 0 Å². The molecule has 1 amide bonds. The Kier molecular flexibility index (Phi) is 6.43. The van der Waals surface area contributed by atoms with Gasteiger partial charge in [-0.3, -0.25) is 14.9 Å². The summed E-state index contributed by atoms with van der Waals surface area (Å²) in [5, 5.41) is 14.5. The van der Waals surface area contributed by atoms with Gasteiger partial charge < -0.3 is 19.7 Å². The van der Waals surface area contributed by atoms with Crippen molar-refractivity contribution in [2.24, 2.45) is 0 Å². The second-order valence-corrected chi connectivity index (χ2v) is 7.59. The monoisotopic (exact) mass is 427 g/mol. The van der Waals surface area contributed by atoms with Crippen LogP contribution in [0.3, 0.4) is 0 Å². The van der Waals surface area contributed by atoms with Crippen LogP contribution in [0, 0.1) is 10.1 Å². The molecule has 0 radical (unpaired) electrons. The molecule has 9 heteroatoms. The number of ether oxygens (including phenoxy) is 2. The van der Waals surface area contributed by atoms with Gasteiger partial charge in [-0.05, 0) is 51.5 Å². The molecule has 1 heterocycles. The van der Waals surface area contributed by atoms with Crippen LogP contribution in [0.2, 0.25) is 0 Å². The number of rotatable bonds is 8. The summed E-state index contributed by atoms with van der Waals surface area (Å²) in [5.41, 5.74) is 0.680. The first kappa shape index (κ1) is 22.1. The van der Waals surface area contributed by atoms with Crippen LogP contribution in [0.4, 0.5) is 17.1 Å². The maximum Gasteiger partial charge on any atom is 0.338 e. The van der Waals surface area contributed by atoms with E-state index in [1.165, 1.54) is 12.1 Å². The average Bonchev–Trinajstić information content (AvgIpc) is 2.73. The topological polar surface area (TPSA) is 111 Å². The number of nitro groups is 1. The number of para-hydroxylation sites is 2. The molecular weight excluding hydrogens is 402 g/mol. The van der Waals surface area contributed by atoms with Gasteiger partial charge in [0.25, 0.3) is 5.91 Å². The molecule has 0 unspecified atom stereocenters. The Hall–Kier alpha value is -3.62. The van der Waals surface area contributed by atoms with E-state index in [-0.39, 0.29) is 36.1 Å². The van der Waals surface area contributed by atoms with Gasteiger partial charge >= 0.3 is 11.7 Å². The summed E-state index contributed by atoms with van der Waals surface area (Å²) >= 11 is 0. The fraction of sp³-hybridized carbons (Fsp3) is 0.364. The summed E-state index contributed by atoms with van der Waals surface area (Å²) in [5.74, 6) is -0.638. The first-order chi connectivity index (χ1) is 14.7. The van der Waals surface area contributed by atoms with E-state index in [4.69, 9.17) is 9.47 Å². The van der Waals surface area contributed by atoms with Crippen molar-refractivity contribution in [1.82, 2.24) is 0 Å².